The lowest BCUT2D eigenvalue weighted by molar-refractivity contribution is 1.00. The number of H-pyrrole nitrogens is 1. The third kappa shape index (κ3) is 2.89. The van der Waals surface area contributed by atoms with E-state index in [1.165, 1.54) is 5.39 Å². The van der Waals surface area contributed by atoms with E-state index in [4.69, 9.17) is 0 Å². The van der Waals surface area contributed by atoms with Crippen LogP contribution in [0.15, 0.2) is 67.0 Å². The molecule has 0 aliphatic rings. The SMILES string of the molecule is c1ccc(CNc2nccc(-c3cc4ccccc4[nH]3)n2)nc1. The second-order valence-electron chi connectivity index (χ2n) is 5.21. The number of nitrogens with one attached hydrogen (secondary N) is 2. The van der Waals surface area contributed by atoms with Gasteiger partial charge in [0.15, 0.2) is 0 Å². The maximum absolute atomic E-state index is 4.57. The number of hydrogen-bond donors (Lipinski definition) is 2. The molecule has 0 atom stereocenters. The summed E-state index contributed by atoms with van der Waals surface area (Å²) in [5.41, 5.74) is 3.89. The van der Waals surface area contributed by atoms with Crippen LogP contribution in [0.4, 0.5) is 5.95 Å². The highest BCUT2D eigenvalue weighted by molar-refractivity contribution is 5.85. The van der Waals surface area contributed by atoms with Gasteiger partial charge in [0.2, 0.25) is 5.95 Å². The second-order valence-corrected chi connectivity index (χ2v) is 5.21. The molecule has 4 aromatic rings. The monoisotopic (exact) mass is 301 g/mol. The normalized spacial score (nSPS) is 10.8. The first-order valence-electron chi connectivity index (χ1n) is 7.43. The van der Waals surface area contributed by atoms with Crippen LogP contribution in [0.1, 0.15) is 5.69 Å². The fourth-order valence-electron chi connectivity index (χ4n) is 2.48. The van der Waals surface area contributed by atoms with Gasteiger partial charge in [0.05, 0.1) is 23.6 Å². The molecule has 0 amide bonds. The van der Waals surface area contributed by atoms with Gasteiger partial charge in [-0.2, -0.15) is 0 Å². The zero-order chi connectivity index (χ0) is 15.5. The van der Waals surface area contributed by atoms with Crippen molar-refractivity contribution in [2.24, 2.45) is 0 Å². The summed E-state index contributed by atoms with van der Waals surface area (Å²) in [5, 5.41) is 4.38. The molecule has 0 saturated heterocycles. The summed E-state index contributed by atoms with van der Waals surface area (Å²) in [7, 11) is 0. The zero-order valence-electron chi connectivity index (χ0n) is 12.4. The van der Waals surface area contributed by atoms with Gasteiger partial charge in [-0.15, -0.1) is 0 Å². The van der Waals surface area contributed by atoms with Crippen LogP contribution in [0.5, 0.6) is 0 Å². The molecule has 3 heterocycles. The smallest absolute Gasteiger partial charge is 0.223 e. The molecule has 0 aliphatic carbocycles. The molecule has 0 spiro atoms. The number of rotatable bonds is 4. The largest absolute Gasteiger partial charge is 0.353 e. The highest BCUT2D eigenvalue weighted by Gasteiger charge is 2.06. The molecular weight excluding hydrogens is 286 g/mol. The number of nitrogens with zero attached hydrogens (tertiary/aromatic N) is 3. The van der Waals surface area contributed by atoms with Crippen molar-refractivity contribution in [2.45, 2.75) is 6.54 Å². The number of fused-ring (bicyclic) bond motifs is 1. The molecule has 5 heteroatoms. The Labute approximate surface area is 133 Å². The van der Waals surface area contributed by atoms with Crippen LogP contribution in [0.2, 0.25) is 0 Å². The highest BCUT2D eigenvalue weighted by atomic mass is 15.1. The minimum absolute atomic E-state index is 0.590. The standard InChI is InChI=1S/C18H15N5/c1-2-7-15-13(5-1)11-17(22-15)16-8-10-20-18(23-16)21-12-14-6-3-4-9-19-14/h1-11,22H,12H2,(H,20,21,23). The predicted octanol–water partition coefficient (Wildman–Crippen LogP) is 3.63. The molecule has 112 valence electrons. The average Bonchev–Trinajstić information content (AvgIpc) is 3.05. The Morgan fingerprint density at radius 1 is 0.913 bits per heavy atom. The van der Waals surface area contributed by atoms with Gasteiger partial charge >= 0.3 is 0 Å². The Morgan fingerprint density at radius 3 is 2.70 bits per heavy atom. The maximum atomic E-state index is 4.57. The van der Waals surface area contributed by atoms with Crippen molar-refractivity contribution in [1.29, 1.82) is 0 Å². The first kappa shape index (κ1) is 13.5. The minimum atomic E-state index is 0.590. The molecular formula is C18H15N5. The molecule has 4 rings (SSSR count). The summed E-state index contributed by atoms with van der Waals surface area (Å²) in [4.78, 5) is 16.5. The van der Waals surface area contributed by atoms with E-state index < -0.39 is 0 Å². The van der Waals surface area contributed by atoms with E-state index in [9.17, 15) is 0 Å². The van der Waals surface area contributed by atoms with Crippen LogP contribution >= 0.6 is 0 Å². The second kappa shape index (κ2) is 5.88. The Bertz CT molecular complexity index is 897. The van der Waals surface area contributed by atoms with Gasteiger partial charge in [-0.25, -0.2) is 9.97 Å². The Hall–Kier alpha value is -3.21. The van der Waals surface area contributed by atoms with Crippen molar-refractivity contribution in [3.63, 3.8) is 0 Å². The van der Waals surface area contributed by atoms with E-state index in [0.29, 0.717) is 12.5 Å². The number of aromatic nitrogens is 4. The summed E-state index contributed by atoms with van der Waals surface area (Å²) in [6.07, 6.45) is 3.54. The first-order valence-corrected chi connectivity index (χ1v) is 7.43. The van der Waals surface area contributed by atoms with Gasteiger partial charge in [-0.3, -0.25) is 4.98 Å². The van der Waals surface area contributed by atoms with Crippen LogP contribution in [-0.2, 0) is 6.54 Å². The third-order valence-corrected chi connectivity index (χ3v) is 3.62. The molecule has 1 aromatic carbocycles. The summed E-state index contributed by atoms with van der Waals surface area (Å²) in [6.45, 7) is 0.594. The van der Waals surface area contributed by atoms with Gasteiger partial charge in [0.25, 0.3) is 0 Å². The summed E-state index contributed by atoms with van der Waals surface area (Å²) >= 11 is 0. The number of hydrogen-bond acceptors (Lipinski definition) is 4. The quantitative estimate of drug-likeness (QED) is 0.604. The van der Waals surface area contributed by atoms with Crippen molar-refractivity contribution in [2.75, 3.05) is 5.32 Å². The molecule has 0 radical (unpaired) electrons. The summed E-state index contributed by atoms with van der Waals surface area (Å²) < 4.78 is 0. The number of aromatic amines is 1. The molecule has 0 aliphatic heterocycles. The van der Waals surface area contributed by atoms with Crippen molar-refractivity contribution < 1.29 is 0 Å². The lowest BCUT2D eigenvalue weighted by atomic mass is 10.2. The van der Waals surface area contributed by atoms with Crippen molar-refractivity contribution in [1.82, 2.24) is 19.9 Å². The fraction of sp³-hybridized carbons (Fsp3) is 0.0556. The summed E-state index contributed by atoms with van der Waals surface area (Å²) in [5.74, 6) is 0.590. The molecule has 0 bridgehead atoms. The third-order valence-electron chi connectivity index (χ3n) is 3.62. The number of pyridine rings is 1. The van der Waals surface area contributed by atoms with Gasteiger partial charge in [0, 0.05) is 23.3 Å². The van der Waals surface area contributed by atoms with E-state index in [1.807, 2.05) is 36.4 Å². The summed E-state index contributed by atoms with van der Waals surface area (Å²) in [6, 6.07) is 18.0. The molecule has 2 N–H and O–H groups in total. The van der Waals surface area contributed by atoms with Gasteiger partial charge in [0.1, 0.15) is 0 Å². The highest BCUT2D eigenvalue weighted by Crippen LogP contribution is 2.22. The molecule has 23 heavy (non-hydrogen) atoms. The topological polar surface area (TPSA) is 66.5 Å². The van der Waals surface area contributed by atoms with E-state index in [1.54, 1.807) is 12.4 Å². The van der Waals surface area contributed by atoms with Crippen molar-refractivity contribution >= 4 is 16.9 Å². The number of para-hydroxylation sites is 1. The number of anilines is 1. The Morgan fingerprint density at radius 2 is 1.83 bits per heavy atom. The fourth-order valence-corrected chi connectivity index (χ4v) is 2.48. The molecule has 3 aromatic heterocycles. The molecule has 0 unspecified atom stereocenters. The van der Waals surface area contributed by atoms with Gasteiger partial charge < -0.3 is 10.3 Å². The van der Waals surface area contributed by atoms with E-state index in [0.717, 1.165) is 22.6 Å². The Kier molecular flexibility index (Phi) is 3.44. The van der Waals surface area contributed by atoms with E-state index >= 15 is 0 Å². The van der Waals surface area contributed by atoms with Crippen LogP contribution in [-0.4, -0.2) is 19.9 Å². The first-order chi connectivity index (χ1) is 11.4. The van der Waals surface area contributed by atoms with Crippen molar-refractivity contribution in [3.8, 4) is 11.4 Å². The van der Waals surface area contributed by atoms with Crippen LogP contribution in [0, 0.1) is 0 Å². The van der Waals surface area contributed by atoms with Gasteiger partial charge in [-0.05, 0) is 30.3 Å². The number of benzene rings is 1. The predicted molar refractivity (Wildman–Crippen MR) is 90.9 cm³/mol. The molecule has 5 nitrogen and oxygen atoms in total. The van der Waals surface area contributed by atoms with Crippen LogP contribution in [0.25, 0.3) is 22.3 Å². The maximum Gasteiger partial charge on any atom is 0.223 e. The van der Waals surface area contributed by atoms with E-state index in [2.05, 4.69) is 43.5 Å². The van der Waals surface area contributed by atoms with Crippen LogP contribution in [0.3, 0.4) is 0 Å². The van der Waals surface area contributed by atoms with Crippen molar-refractivity contribution in [3.05, 3.63) is 72.7 Å². The lowest BCUT2D eigenvalue weighted by Gasteiger charge is -2.05. The zero-order valence-corrected chi connectivity index (χ0v) is 12.4. The van der Waals surface area contributed by atoms with Gasteiger partial charge in [-0.1, -0.05) is 24.3 Å². The van der Waals surface area contributed by atoms with Crippen LogP contribution < -0.4 is 5.32 Å². The lowest BCUT2D eigenvalue weighted by Crippen LogP contribution is -2.05. The van der Waals surface area contributed by atoms with E-state index in [-0.39, 0.29) is 0 Å². The average molecular weight is 301 g/mol. The minimum Gasteiger partial charge on any atom is -0.353 e. The Balaban J connectivity index is 1.58. The molecule has 0 fully saturated rings. The molecule has 0 saturated carbocycles.